The lowest BCUT2D eigenvalue weighted by Crippen LogP contribution is -2.56. The third-order valence-corrected chi connectivity index (χ3v) is 6.72. The van der Waals surface area contributed by atoms with Gasteiger partial charge in [0.1, 0.15) is 5.75 Å². The zero-order chi connectivity index (χ0) is 22.9. The van der Waals surface area contributed by atoms with Crippen molar-refractivity contribution in [1.82, 2.24) is 10.2 Å². The fraction of sp³-hybridized carbons (Fsp3) is 0.778. The van der Waals surface area contributed by atoms with Crippen molar-refractivity contribution in [2.75, 3.05) is 0 Å². The van der Waals surface area contributed by atoms with Crippen LogP contribution in [0.3, 0.4) is 0 Å². The number of phenols is 1. The van der Waals surface area contributed by atoms with E-state index >= 15 is 0 Å². The first-order valence-electron chi connectivity index (χ1n) is 12.1. The van der Waals surface area contributed by atoms with Crippen LogP contribution in [0.15, 0.2) is 12.1 Å². The van der Waals surface area contributed by atoms with Crippen LogP contribution in [-0.2, 0) is 17.4 Å². The van der Waals surface area contributed by atoms with Crippen LogP contribution in [0, 0.1) is 0 Å². The van der Waals surface area contributed by atoms with Crippen molar-refractivity contribution in [2.24, 2.45) is 0 Å². The van der Waals surface area contributed by atoms with Gasteiger partial charge >= 0.3 is 0 Å². The summed E-state index contributed by atoms with van der Waals surface area (Å²) < 4.78 is 0. The van der Waals surface area contributed by atoms with Gasteiger partial charge < -0.3 is 10.4 Å². The predicted molar refractivity (Wildman–Crippen MR) is 131 cm³/mol. The van der Waals surface area contributed by atoms with Gasteiger partial charge in [-0.15, -0.1) is 0 Å². The molecule has 3 heteroatoms. The standard InChI is InChI=1S/C27H48N2O/c1-18(2)29(19(3)4)24-14-12-11-13-23(24)28-17-20-15-21(26(5,6)7)16-22(25(20)30)27(8,9)10/h15-16,18-19,23-24,28,30H,11-14,17H2,1-10H3/t23-,24-/m0/s1. The Hall–Kier alpha value is -1.06. The zero-order valence-electron chi connectivity index (χ0n) is 21.4. The minimum Gasteiger partial charge on any atom is -0.507 e. The number of aromatic hydroxyl groups is 1. The summed E-state index contributed by atoms with van der Waals surface area (Å²) in [6, 6.07) is 6.55. The first kappa shape index (κ1) is 25.2. The molecule has 2 N–H and O–H groups in total. The maximum Gasteiger partial charge on any atom is 0.123 e. The molecule has 1 aliphatic rings. The smallest absolute Gasteiger partial charge is 0.123 e. The van der Waals surface area contributed by atoms with Crippen molar-refractivity contribution >= 4 is 0 Å². The van der Waals surface area contributed by atoms with E-state index in [9.17, 15) is 5.11 Å². The summed E-state index contributed by atoms with van der Waals surface area (Å²) >= 11 is 0. The van der Waals surface area contributed by atoms with E-state index in [1.807, 2.05) is 0 Å². The number of benzene rings is 1. The Kier molecular flexibility index (Phi) is 8.07. The monoisotopic (exact) mass is 416 g/mol. The highest BCUT2D eigenvalue weighted by Gasteiger charge is 2.33. The molecule has 0 amide bonds. The minimum absolute atomic E-state index is 0.0574. The van der Waals surface area contributed by atoms with Crippen molar-refractivity contribution in [1.29, 1.82) is 0 Å². The Morgan fingerprint density at radius 2 is 1.50 bits per heavy atom. The Morgan fingerprint density at radius 1 is 0.933 bits per heavy atom. The lowest BCUT2D eigenvalue weighted by Gasteiger charge is -2.45. The first-order valence-corrected chi connectivity index (χ1v) is 12.1. The maximum atomic E-state index is 11.1. The molecule has 1 fully saturated rings. The predicted octanol–water partition coefficient (Wildman–Crippen LogP) is 6.51. The molecule has 1 aromatic rings. The first-order chi connectivity index (χ1) is 13.7. The average molecular weight is 417 g/mol. The van der Waals surface area contributed by atoms with Gasteiger partial charge in [0.15, 0.2) is 0 Å². The molecule has 2 atom stereocenters. The van der Waals surface area contributed by atoms with Crippen molar-refractivity contribution in [2.45, 2.75) is 136 Å². The molecule has 0 spiro atoms. The van der Waals surface area contributed by atoms with Gasteiger partial charge in [-0.2, -0.15) is 0 Å². The highest BCUT2D eigenvalue weighted by molar-refractivity contribution is 5.48. The van der Waals surface area contributed by atoms with Gasteiger partial charge in [-0.25, -0.2) is 0 Å². The van der Waals surface area contributed by atoms with E-state index in [1.165, 1.54) is 31.2 Å². The normalized spacial score (nSPS) is 21.1. The highest BCUT2D eigenvalue weighted by atomic mass is 16.3. The topological polar surface area (TPSA) is 35.5 Å². The summed E-state index contributed by atoms with van der Waals surface area (Å²) in [5.74, 6) is 0.472. The molecule has 1 aliphatic carbocycles. The fourth-order valence-corrected chi connectivity index (χ4v) is 5.14. The Labute approximate surface area is 186 Å². The van der Waals surface area contributed by atoms with Crippen LogP contribution < -0.4 is 5.32 Å². The lowest BCUT2D eigenvalue weighted by atomic mass is 9.79. The lowest BCUT2D eigenvalue weighted by molar-refractivity contribution is 0.0618. The third kappa shape index (κ3) is 6.01. The van der Waals surface area contributed by atoms with Crippen molar-refractivity contribution in [3.05, 3.63) is 28.8 Å². The van der Waals surface area contributed by atoms with E-state index in [2.05, 4.69) is 91.6 Å². The largest absolute Gasteiger partial charge is 0.507 e. The second-order valence-electron chi connectivity index (χ2n) is 12.0. The van der Waals surface area contributed by atoms with Crippen LogP contribution in [0.25, 0.3) is 0 Å². The Bertz CT molecular complexity index is 686. The molecular formula is C27H48N2O. The molecule has 0 saturated heterocycles. The van der Waals surface area contributed by atoms with E-state index < -0.39 is 0 Å². The van der Waals surface area contributed by atoms with Gasteiger partial charge in [-0.1, -0.05) is 66.5 Å². The number of nitrogens with zero attached hydrogens (tertiary/aromatic N) is 1. The van der Waals surface area contributed by atoms with Gasteiger partial charge in [-0.05, 0) is 62.5 Å². The summed E-state index contributed by atoms with van der Waals surface area (Å²) in [5, 5.41) is 15.0. The number of rotatable bonds is 6. The van der Waals surface area contributed by atoms with E-state index in [0.717, 1.165) is 17.7 Å². The molecule has 172 valence electrons. The molecule has 0 aliphatic heterocycles. The van der Waals surface area contributed by atoms with Crippen LogP contribution in [0.1, 0.15) is 112 Å². The van der Waals surface area contributed by atoms with Crippen LogP contribution in [0.4, 0.5) is 0 Å². The van der Waals surface area contributed by atoms with Crippen LogP contribution in [-0.4, -0.2) is 34.2 Å². The zero-order valence-corrected chi connectivity index (χ0v) is 21.4. The molecule has 3 nitrogen and oxygen atoms in total. The van der Waals surface area contributed by atoms with Crippen LogP contribution in [0.5, 0.6) is 5.75 Å². The number of phenolic OH excluding ortho intramolecular Hbond substituents is 1. The second kappa shape index (κ2) is 9.61. The SMILES string of the molecule is CC(C)N(C(C)C)[C@H]1CCCC[C@@H]1NCc1cc(C(C)(C)C)cc(C(C)(C)C)c1O. The molecule has 0 heterocycles. The molecule has 0 bridgehead atoms. The second-order valence-corrected chi connectivity index (χ2v) is 12.0. The summed E-state index contributed by atoms with van der Waals surface area (Å²) in [5.41, 5.74) is 3.37. The third-order valence-electron chi connectivity index (χ3n) is 6.72. The molecular weight excluding hydrogens is 368 g/mol. The molecule has 0 radical (unpaired) electrons. The summed E-state index contributed by atoms with van der Waals surface area (Å²) in [4.78, 5) is 2.68. The van der Waals surface area contributed by atoms with Gasteiger partial charge in [0, 0.05) is 36.3 Å². The highest BCUT2D eigenvalue weighted by Crippen LogP contribution is 2.38. The number of nitrogens with one attached hydrogen (secondary N) is 1. The van der Waals surface area contributed by atoms with Gasteiger partial charge in [-0.3, -0.25) is 4.90 Å². The van der Waals surface area contributed by atoms with Crippen molar-refractivity contribution in [3.8, 4) is 5.75 Å². The number of hydrogen-bond donors (Lipinski definition) is 2. The maximum absolute atomic E-state index is 11.1. The average Bonchev–Trinajstić information content (AvgIpc) is 2.59. The summed E-state index contributed by atoms with van der Waals surface area (Å²) in [7, 11) is 0. The van der Waals surface area contributed by atoms with Crippen molar-refractivity contribution in [3.63, 3.8) is 0 Å². The summed E-state index contributed by atoms with van der Waals surface area (Å²) in [6.45, 7) is 23.3. The van der Waals surface area contributed by atoms with Gasteiger partial charge in [0.2, 0.25) is 0 Å². The van der Waals surface area contributed by atoms with E-state index in [-0.39, 0.29) is 10.8 Å². The quantitative estimate of drug-likeness (QED) is 0.555. The molecule has 1 aromatic carbocycles. The van der Waals surface area contributed by atoms with E-state index in [0.29, 0.717) is 29.9 Å². The van der Waals surface area contributed by atoms with E-state index in [1.54, 1.807) is 0 Å². The van der Waals surface area contributed by atoms with Gasteiger partial charge in [0.05, 0.1) is 0 Å². The molecule has 30 heavy (non-hydrogen) atoms. The number of hydrogen-bond acceptors (Lipinski definition) is 3. The Morgan fingerprint density at radius 3 is 2.00 bits per heavy atom. The Balaban J connectivity index is 2.32. The molecule has 0 unspecified atom stereocenters. The minimum atomic E-state index is -0.0838. The van der Waals surface area contributed by atoms with E-state index in [4.69, 9.17) is 0 Å². The molecule has 0 aromatic heterocycles. The molecule has 2 rings (SSSR count). The summed E-state index contributed by atoms with van der Waals surface area (Å²) in [6.07, 6.45) is 5.08. The van der Waals surface area contributed by atoms with Crippen LogP contribution >= 0.6 is 0 Å². The fourth-order valence-electron chi connectivity index (χ4n) is 5.14. The van der Waals surface area contributed by atoms with Crippen LogP contribution in [0.2, 0.25) is 0 Å². The molecule has 1 saturated carbocycles. The van der Waals surface area contributed by atoms with Crippen molar-refractivity contribution < 1.29 is 5.11 Å². The van der Waals surface area contributed by atoms with Gasteiger partial charge in [0.25, 0.3) is 0 Å².